The molecule has 1 aromatic heterocycles. The molecule has 0 spiro atoms. The Morgan fingerprint density at radius 3 is 2.68 bits per heavy atom. The summed E-state index contributed by atoms with van der Waals surface area (Å²) in [5.41, 5.74) is 1.51. The van der Waals surface area contributed by atoms with E-state index in [0.717, 1.165) is 24.2 Å². The van der Waals surface area contributed by atoms with E-state index < -0.39 is 12.2 Å². The number of carbonyl (C=O) groups excluding carboxylic acids is 1. The molecule has 1 saturated carbocycles. The second-order valence-corrected chi connectivity index (χ2v) is 7.20. The fraction of sp³-hybridized carbons (Fsp3) is 0.286. The lowest BCUT2D eigenvalue weighted by Gasteiger charge is -2.31. The van der Waals surface area contributed by atoms with Gasteiger partial charge in [0.05, 0.1) is 0 Å². The average molecular weight is 376 g/mol. The van der Waals surface area contributed by atoms with Crippen molar-refractivity contribution in [3.63, 3.8) is 0 Å². The van der Waals surface area contributed by atoms with E-state index in [4.69, 9.17) is 9.47 Å². The number of nitrogens with zero attached hydrogens (tertiary/aromatic N) is 2. The van der Waals surface area contributed by atoms with Crippen molar-refractivity contribution in [2.24, 2.45) is 0 Å². The number of fused-ring (bicyclic) bond motifs is 1. The monoisotopic (exact) mass is 376 g/mol. The summed E-state index contributed by atoms with van der Waals surface area (Å²) in [7, 11) is 0. The van der Waals surface area contributed by atoms with Crippen molar-refractivity contribution in [1.82, 2.24) is 15.2 Å². The maximum atomic E-state index is 12.8. The van der Waals surface area contributed by atoms with E-state index in [2.05, 4.69) is 20.5 Å². The smallest absolute Gasteiger partial charge is 0.269 e. The number of amides is 1. The van der Waals surface area contributed by atoms with Crippen LogP contribution in [0.1, 0.15) is 31.5 Å². The minimum absolute atomic E-state index is 0.257. The molecule has 28 heavy (non-hydrogen) atoms. The van der Waals surface area contributed by atoms with Gasteiger partial charge in [0.25, 0.3) is 5.91 Å². The Morgan fingerprint density at radius 2 is 1.89 bits per heavy atom. The van der Waals surface area contributed by atoms with Gasteiger partial charge in [0.15, 0.2) is 17.3 Å². The SMILES string of the molecule is CC1Oc2ccccc2OC1C(=O)Nc1cccc(-c2n[nH]c(C3CC3)n2)c1. The van der Waals surface area contributed by atoms with Gasteiger partial charge in [-0.15, -0.1) is 0 Å². The van der Waals surface area contributed by atoms with E-state index >= 15 is 0 Å². The van der Waals surface area contributed by atoms with E-state index in [0.29, 0.717) is 28.9 Å². The summed E-state index contributed by atoms with van der Waals surface area (Å²) >= 11 is 0. The summed E-state index contributed by atoms with van der Waals surface area (Å²) in [5.74, 6) is 3.05. The van der Waals surface area contributed by atoms with Crippen molar-refractivity contribution in [1.29, 1.82) is 0 Å². The third-order valence-corrected chi connectivity index (χ3v) is 4.96. The molecule has 2 aromatic carbocycles. The number of benzene rings is 2. The highest BCUT2D eigenvalue weighted by Gasteiger charge is 2.34. The van der Waals surface area contributed by atoms with Crippen LogP contribution >= 0.6 is 0 Å². The molecule has 2 N–H and O–H groups in total. The summed E-state index contributed by atoms with van der Waals surface area (Å²) in [6.45, 7) is 1.82. The van der Waals surface area contributed by atoms with E-state index in [1.165, 1.54) is 0 Å². The van der Waals surface area contributed by atoms with Gasteiger partial charge in [0, 0.05) is 17.2 Å². The molecule has 1 aliphatic heterocycles. The predicted octanol–water partition coefficient (Wildman–Crippen LogP) is 3.52. The topological polar surface area (TPSA) is 89.1 Å². The number of aromatic nitrogens is 3. The normalized spacial score (nSPS) is 20.6. The lowest BCUT2D eigenvalue weighted by atomic mass is 10.1. The first-order valence-corrected chi connectivity index (χ1v) is 9.43. The number of hydrogen-bond acceptors (Lipinski definition) is 5. The number of hydrogen-bond donors (Lipinski definition) is 2. The Hall–Kier alpha value is -3.35. The van der Waals surface area contributed by atoms with Crippen LogP contribution in [0.5, 0.6) is 11.5 Å². The molecule has 0 radical (unpaired) electrons. The van der Waals surface area contributed by atoms with Crippen LogP contribution < -0.4 is 14.8 Å². The molecule has 5 rings (SSSR count). The van der Waals surface area contributed by atoms with Crippen molar-refractivity contribution in [3.8, 4) is 22.9 Å². The first-order chi connectivity index (χ1) is 13.7. The van der Waals surface area contributed by atoms with Crippen LogP contribution in [-0.2, 0) is 4.79 Å². The summed E-state index contributed by atoms with van der Waals surface area (Å²) < 4.78 is 11.7. The van der Waals surface area contributed by atoms with Crippen LogP contribution in [0.15, 0.2) is 48.5 Å². The lowest BCUT2D eigenvalue weighted by Crippen LogP contribution is -2.46. The predicted molar refractivity (Wildman–Crippen MR) is 103 cm³/mol. The van der Waals surface area contributed by atoms with Crippen molar-refractivity contribution in [2.45, 2.75) is 37.9 Å². The molecule has 1 aliphatic carbocycles. The highest BCUT2D eigenvalue weighted by atomic mass is 16.6. The largest absolute Gasteiger partial charge is 0.482 e. The molecule has 142 valence electrons. The van der Waals surface area contributed by atoms with E-state index in [1.807, 2.05) is 49.4 Å². The zero-order chi connectivity index (χ0) is 19.1. The minimum Gasteiger partial charge on any atom is -0.482 e. The molecule has 1 amide bonds. The van der Waals surface area contributed by atoms with Gasteiger partial charge in [-0.3, -0.25) is 9.89 Å². The van der Waals surface area contributed by atoms with Crippen molar-refractivity contribution in [3.05, 3.63) is 54.4 Å². The molecule has 2 unspecified atom stereocenters. The molecular formula is C21H20N4O3. The lowest BCUT2D eigenvalue weighted by molar-refractivity contribution is -0.128. The number of ether oxygens (including phenoxy) is 2. The molecule has 2 heterocycles. The number of carbonyl (C=O) groups is 1. The quantitative estimate of drug-likeness (QED) is 0.727. The maximum Gasteiger partial charge on any atom is 0.269 e. The van der Waals surface area contributed by atoms with Crippen LogP contribution in [0.25, 0.3) is 11.4 Å². The Kier molecular flexibility index (Phi) is 4.00. The molecule has 0 bridgehead atoms. The van der Waals surface area contributed by atoms with E-state index in [9.17, 15) is 4.79 Å². The Balaban J connectivity index is 1.32. The van der Waals surface area contributed by atoms with Gasteiger partial charge in [-0.05, 0) is 44.0 Å². The maximum absolute atomic E-state index is 12.8. The summed E-state index contributed by atoms with van der Waals surface area (Å²) in [4.78, 5) is 17.3. The summed E-state index contributed by atoms with van der Waals surface area (Å²) in [6, 6.07) is 14.8. The molecule has 2 aliphatic rings. The van der Waals surface area contributed by atoms with Crippen LogP contribution in [0.2, 0.25) is 0 Å². The summed E-state index contributed by atoms with van der Waals surface area (Å²) in [6.07, 6.45) is 1.20. The number of para-hydroxylation sites is 2. The zero-order valence-corrected chi connectivity index (χ0v) is 15.4. The number of nitrogens with one attached hydrogen (secondary N) is 2. The molecule has 3 aromatic rings. The first-order valence-electron chi connectivity index (χ1n) is 9.43. The second kappa shape index (κ2) is 6.67. The zero-order valence-electron chi connectivity index (χ0n) is 15.4. The van der Waals surface area contributed by atoms with Crippen LogP contribution in [0, 0.1) is 0 Å². The molecule has 7 nitrogen and oxygen atoms in total. The third-order valence-electron chi connectivity index (χ3n) is 4.96. The highest BCUT2D eigenvalue weighted by molar-refractivity contribution is 5.95. The number of anilines is 1. The Morgan fingerprint density at radius 1 is 1.11 bits per heavy atom. The van der Waals surface area contributed by atoms with Crippen molar-refractivity contribution < 1.29 is 14.3 Å². The number of H-pyrrole nitrogens is 1. The molecule has 1 fully saturated rings. The summed E-state index contributed by atoms with van der Waals surface area (Å²) in [5, 5.41) is 10.2. The van der Waals surface area contributed by atoms with Gasteiger partial charge < -0.3 is 14.8 Å². The second-order valence-electron chi connectivity index (χ2n) is 7.20. The number of rotatable bonds is 4. The van der Waals surface area contributed by atoms with Gasteiger partial charge in [0.2, 0.25) is 6.10 Å². The minimum atomic E-state index is -0.733. The molecule has 0 saturated heterocycles. The van der Waals surface area contributed by atoms with Crippen molar-refractivity contribution >= 4 is 11.6 Å². The van der Waals surface area contributed by atoms with E-state index in [-0.39, 0.29) is 5.91 Å². The Labute approximate surface area is 162 Å². The van der Waals surface area contributed by atoms with Gasteiger partial charge in [-0.2, -0.15) is 5.10 Å². The standard InChI is InChI=1S/C21H20N4O3/c1-12-18(28-17-8-3-2-7-16(17)27-12)21(26)22-15-6-4-5-14(11-15)20-23-19(24-25-20)13-9-10-13/h2-8,11-13,18H,9-10H2,1H3,(H,22,26)(H,23,24,25). The first kappa shape index (κ1) is 16.8. The van der Waals surface area contributed by atoms with Crippen LogP contribution in [0.3, 0.4) is 0 Å². The van der Waals surface area contributed by atoms with Gasteiger partial charge >= 0.3 is 0 Å². The molecular weight excluding hydrogens is 356 g/mol. The van der Waals surface area contributed by atoms with Gasteiger partial charge in [0.1, 0.15) is 11.9 Å². The fourth-order valence-electron chi connectivity index (χ4n) is 3.30. The molecule has 2 atom stereocenters. The fourth-order valence-corrected chi connectivity index (χ4v) is 3.30. The van der Waals surface area contributed by atoms with Crippen LogP contribution in [0.4, 0.5) is 5.69 Å². The van der Waals surface area contributed by atoms with E-state index in [1.54, 1.807) is 6.07 Å². The van der Waals surface area contributed by atoms with Crippen LogP contribution in [-0.4, -0.2) is 33.3 Å². The molecule has 7 heteroatoms. The van der Waals surface area contributed by atoms with Gasteiger partial charge in [-0.25, -0.2) is 4.98 Å². The third kappa shape index (κ3) is 3.19. The van der Waals surface area contributed by atoms with Crippen molar-refractivity contribution in [2.75, 3.05) is 5.32 Å². The Bertz CT molecular complexity index is 1030. The average Bonchev–Trinajstić information content (AvgIpc) is 3.44. The van der Waals surface area contributed by atoms with Gasteiger partial charge in [-0.1, -0.05) is 24.3 Å². The number of aromatic amines is 1. The highest BCUT2D eigenvalue weighted by Crippen LogP contribution is 2.38.